The molecule has 0 fully saturated rings. The lowest BCUT2D eigenvalue weighted by molar-refractivity contribution is 0.682. The minimum absolute atomic E-state index is 0.384. The van der Waals surface area contributed by atoms with E-state index in [4.69, 9.17) is 17.3 Å². The molecule has 1 atom stereocenters. The monoisotopic (exact) mass is 343 g/mol. The minimum Gasteiger partial charge on any atom is -0.399 e. The van der Waals surface area contributed by atoms with Gasteiger partial charge in [-0.25, -0.2) is 0 Å². The molecule has 0 radical (unpaired) electrons. The average Bonchev–Trinajstić information content (AvgIpc) is 2.32. The predicted molar refractivity (Wildman–Crippen MR) is 80.1 cm³/mol. The van der Waals surface area contributed by atoms with Crippen LogP contribution in [0.2, 0.25) is 5.02 Å². The maximum atomic E-state index is 12.2. The first-order valence-corrected chi connectivity index (χ1v) is 7.73. The van der Waals surface area contributed by atoms with Crippen molar-refractivity contribution in [1.29, 1.82) is 0 Å². The van der Waals surface area contributed by atoms with E-state index in [0.717, 1.165) is 10.0 Å². The predicted octanol–water partition coefficient (Wildman–Crippen LogP) is 3.99. The molecular formula is C13H11BrClNOS. The summed E-state index contributed by atoms with van der Waals surface area (Å²) in [5, 5.41) is 0.613. The van der Waals surface area contributed by atoms with Crippen molar-refractivity contribution in [3.63, 3.8) is 0 Å². The number of benzene rings is 2. The van der Waals surface area contributed by atoms with E-state index in [0.29, 0.717) is 21.4 Å². The van der Waals surface area contributed by atoms with Gasteiger partial charge in [0.1, 0.15) is 0 Å². The van der Waals surface area contributed by atoms with E-state index in [9.17, 15) is 4.21 Å². The fourth-order valence-corrected chi connectivity index (χ4v) is 3.54. The van der Waals surface area contributed by atoms with Crippen LogP contribution >= 0.6 is 27.5 Å². The molecule has 94 valence electrons. The third-order valence-electron chi connectivity index (χ3n) is 2.42. The van der Waals surface area contributed by atoms with Gasteiger partial charge in [0.05, 0.1) is 16.6 Å². The average molecular weight is 345 g/mol. The highest BCUT2D eigenvalue weighted by atomic mass is 79.9. The molecule has 2 N–H and O–H groups in total. The molecule has 0 amide bonds. The summed E-state index contributed by atoms with van der Waals surface area (Å²) < 4.78 is 13.1. The number of halogens is 2. The van der Waals surface area contributed by atoms with Crippen LogP contribution in [0.15, 0.2) is 51.8 Å². The molecule has 0 spiro atoms. The van der Waals surface area contributed by atoms with E-state index in [1.54, 1.807) is 30.3 Å². The number of hydrogen-bond acceptors (Lipinski definition) is 2. The van der Waals surface area contributed by atoms with Gasteiger partial charge in [0, 0.05) is 20.1 Å². The highest BCUT2D eigenvalue weighted by molar-refractivity contribution is 9.10. The molecule has 0 aliphatic rings. The fourth-order valence-electron chi connectivity index (χ4n) is 1.52. The second-order valence-corrected chi connectivity index (χ2v) is 6.57. The molecule has 5 heteroatoms. The van der Waals surface area contributed by atoms with Gasteiger partial charge in [-0.2, -0.15) is 0 Å². The van der Waals surface area contributed by atoms with Crippen molar-refractivity contribution in [2.24, 2.45) is 0 Å². The zero-order valence-electron chi connectivity index (χ0n) is 9.40. The second kappa shape index (κ2) is 5.87. The molecule has 0 aromatic heterocycles. The Bertz CT molecular complexity index is 603. The van der Waals surface area contributed by atoms with E-state index >= 15 is 0 Å². The third-order valence-corrected chi connectivity index (χ3v) is 4.62. The highest BCUT2D eigenvalue weighted by Gasteiger charge is 2.08. The van der Waals surface area contributed by atoms with Gasteiger partial charge in [-0.15, -0.1) is 0 Å². The van der Waals surface area contributed by atoms with Gasteiger partial charge >= 0.3 is 0 Å². The molecule has 2 nitrogen and oxygen atoms in total. The van der Waals surface area contributed by atoms with Crippen LogP contribution in [0, 0.1) is 0 Å². The van der Waals surface area contributed by atoms with Crippen LogP contribution in [-0.2, 0) is 16.6 Å². The normalized spacial score (nSPS) is 12.3. The molecule has 0 bridgehead atoms. The Labute approximate surface area is 122 Å². The topological polar surface area (TPSA) is 43.1 Å². The Morgan fingerprint density at radius 2 is 2.00 bits per heavy atom. The first-order valence-electron chi connectivity index (χ1n) is 5.24. The second-order valence-electron chi connectivity index (χ2n) is 3.80. The Hall–Kier alpha value is -0.840. The molecule has 0 heterocycles. The van der Waals surface area contributed by atoms with Crippen molar-refractivity contribution >= 4 is 44.0 Å². The maximum Gasteiger partial charge on any atom is 0.0575 e. The molecule has 2 aromatic rings. The van der Waals surface area contributed by atoms with Gasteiger partial charge < -0.3 is 5.73 Å². The molecule has 0 aliphatic heterocycles. The lowest BCUT2D eigenvalue weighted by Gasteiger charge is -2.06. The lowest BCUT2D eigenvalue weighted by atomic mass is 10.2. The summed E-state index contributed by atoms with van der Waals surface area (Å²) in [5.41, 5.74) is 7.15. The van der Waals surface area contributed by atoms with Gasteiger partial charge in [-0.1, -0.05) is 39.7 Å². The molecule has 2 rings (SSSR count). The molecule has 2 aromatic carbocycles. The SMILES string of the molecule is Nc1cccc(S(=O)Cc2ccc(Br)cc2Cl)c1. The van der Waals surface area contributed by atoms with Gasteiger partial charge in [0.2, 0.25) is 0 Å². The summed E-state index contributed by atoms with van der Waals surface area (Å²) >= 11 is 9.44. The van der Waals surface area contributed by atoms with Crippen LogP contribution in [0.1, 0.15) is 5.56 Å². The zero-order chi connectivity index (χ0) is 13.1. The lowest BCUT2D eigenvalue weighted by Crippen LogP contribution is -1.98. The van der Waals surface area contributed by atoms with Crippen LogP contribution in [0.3, 0.4) is 0 Å². The molecule has 0 saturated heterocycles. The van der Waals surface area contributed by atoms with E-state index < -0.39 is 10.8 Å². The van der Waals surface area contributed by atoms with Crippen molar-refractivity contribution in [3.05, 3.63) is 57.5 Å². The third kappa shape index (κ3) is 3.34. The summed E-state index contributed by atoms with van der Waals surface area (Å²) in [4.78, 5) is 0.717. The Balaban J connectivity index is 2.21. The van der Waals surface area contributed by atoms with Gasteiger partial charge in [-0.3, -0.25) is 4.21 Å². The Morgan fingerprint density at radius 1 is 1.22 bits per heavy atom. The quantitative estimate of drug-likeness (QED) is 0.855. The summed E-state index contributed by atoms with van der Waals surface area (Å²) in [7, 11) is -1.14. The first kappa shape index (κ1) is 13.6. The van der Waals surface area contributed by atoms with Gasteiger partial charge in [0.15, 0.2) is 0 Å². The number of anilines is 1. The minimum atomic E-state index is -1.14. The van der Waals surface area contributed by atoms with Crippen LogP contribution in [0.5, 0.6) is 0 Å². The van der Waals surface area contributed by atoms with Crippen molar-refractivity contribution in [3.8, 4) is 0 Å². The van der Waals surface area contributed by atoms with E-state index in [2.05, 4.69) is 15.9 Å². The molecule has 1 unspecified atom stereocenters. The fraction of sp³-hybridized carbons (Fsp3) is 0.0769. The molecular weight excluding hydrogens is 334 g/mol. The van der Waals surface area contributed by atoms with Gasteiger partial charge in [-0.05, 0) is 35.9 Å². The van der Waals surface area contributed by atoms with E-state index in [-0.39, 0.29) is 0 Å². The van der Waals surface area contributed by atoms with Gasteiger partial charge in [0.25, 0.3) is 0 Å². The molecule has 0 aliphatic carbocycles. The van der Waals surface area contributed by atoms with Crippen molar-refractivity contribution in [2.45, 2.75) is 10.6 Å². The van der Waals surface area contributed by atoms with Crippen LogP contribution in [0.4, 0.5) is 5.69 Å². The number of nitrogens with two attached hydrogens (primary N) is 1. The number of nitrogen functional groups attached to an aromatic ring is 1. The first-order chi connectivity index (χ1) is 8.56. The van der Waals surface area contributed by atoms with Crippen molar-refractivity contribution in [2.75, 3.05) is 5.73 Å². The van der Waals surface area contributed by atoms with Crippen molar-refractivity contribution in [1.82, 2.24) is 0 Å². The number of hydrogen-bond donors (Lipinski definition) is 1. The Kier molecular flexibility index (Phi) is 4.43. The van der Waals surface area contributed by atoms with Crippen LogP contribution < -0.4 is 5.73 Å². The summed E-state index contributed by atoms with van der Waals surface area (Å²) in [6, 6.07) is 12.7. The van der Waals surface area contributed by atoms with E-state index in [1.165, 1.54) is 0 Å². The largest absolute Gasteiger partial charge is 0.399 e. The molecule has 18 heavy (non-hydrogen) atoms. The van der Waals surface area contributed by atoms with Crippen molar-refractivity contribution < 1.29 is 4.21 Å². The Morgan fingerprint density at radius 3 is 2.67 bits per heavy atom. The summed E-state index contributed by atoms with van der Waals surface area (Å²) in [6.07, 6.45) is 0. The van der Waals surface area contributed by atoms with Crippen LogP contribution in [-0.4, -0.2) is 4.21 Å². The smallest absolute Gasteiger partial charge is 0.0575 e. The standard InChI is InChI=1S/C13H11BrClNOS/c14-10-5-4-9(13(15)6-10)8-18(17)12-3-1-2-11(16)7-12/h1-7H,8,16H2. The summed E-state index contributed by atoms with van der Waals surface area (Å²) in [5.74, 6) is 0.384. The summed E-state index contributed by atoms with van der Waals surface area (Å²) in [6.45, 7) is 0. The highest BCUT2D eigenvalue weighted by Crippen LogP contribution is 2.24. The number of rotatable bonds is 3. The molecule has 0 saturated carbocycles. The van der Waals surface area contributed by atoms with Crippen LogP contribution in [0.25, 0.3) is 0 Å². The van der Waals surface area contributed by atoms with E-state index in [1.807, 2.05) is 12.1 Å². The maximum absolute atomic E-state index is 12.2. The zero-order valence-corrected chi connectivity index (χ0v) is 12.6.